The van der Waals surface area contributed by atoms with E-state index >= 15 is 0 Å². The molecule has 0 bridgehead atoms. The summed E-state index contributed by atoms with van der Waals surface area (Å²) in [6.45, 7) is 1.02. The van der Waals surface area contributed by atoms with Gasteiger partial charge in [-0.05, 0) is 30.3 Å². The van der Waals surface area contributed by atoms with Crippen molar-refractivity contribution in [3.63, 3.8) is 0 Å². The summed E-state index contributed by atoms with van der Waals surface area (Å²) < 4.78 is 0. The topological polar surface area (TPSA) is 135 Å². The molecule has 1 aromatic carbocycles. The molecule has 4 aromatic rings. The maximum absolute atomic E-state index is 10.7. The number of nitro groups is 1. The minimum Gasteiger partial charge on any atom is -0.368 e. The van der Waals surface area contributed by atoms with Gasteiger partial charge in [-0.3, -0.25) is 10.1 Å². The van der Waals surface area contributed by atoms with E-state index in [1.165, 1.54) is 12.3 Å². The zero-order valence-corrected chi connectivity index (χ0v) is 17.9. The van der Waals surface area contributed by atoms with Crippen LogP contribution in [0, 0.1) is 10.1 Å². The Bertz CT molecular complexity index is 1250. The van der Waals surface area contributed by atoms with Gasteiger partial charge in [0.15, 0.2) is 5.82 Å². The molecule has 0 saturated carbocycles. The Morgan fingerprint density at radius 1 is 1.00 bits per heavy atom. The van der Waals surface area contributed by atoms with Gasteiger partial charge >= 0.3 is 0 Å². The third kappa shape index (κ3) is 5.10. The number of H-pyrrole nitrogens is 1. The van der Waals surface area contributed by atoms with Crippen LogP contribution >= 0.6 is 23.2 Å². The van der Waals surface area contributed by atoms with Gasteiger partial charge in [-0.25, -0.2) is 19.9 Å². The van der Waals surface area contributed by atoms with Crippen molar-refractivity contribution in [3.8, 4) is 22.8 Å². The molecule has 0 aliphatic heterocycles. The molecule has 0 aliphatic rings. The zero-order valence-electron chi connectivity index (χ0n) is 16.4. The van der Waals surface area contributed by atoms with Crippen molar-refractivity contribution < 1.29 is 4.92 Å². The summed E-state index contributed by atoms with van der Waals surface area (Å²) in [5, 5.41) is 17.9. The number of hydrogen-bond donors (Lipinski definition) is 3. The third-order valence-electron chi connectivity index (χ3n) is 4.37. The lowest BCUT2D eigenvalue weighted by Crippen LogP contribution is -2.15. The van der Waals surface area contributed by atoms with Crippen molar-refractivity contribution in [1.82, 2.24) is 24.9 Å². The predicted molar refractivity (Wildman–Crippen MR) is 123 cm³/mol. The first-order chi connectivity index (χ1) is 15.5. The number of hydrogen-bond acceptors (Lipinski definition) is 8. The smallest absolute Gasteiger partial charge is 0.287 e. The molecule has 162 valence electrons. The lowest BCUT2D eigenvalue weighted by atomic mass is 10.2. The van der Waals surface area contributed by atoms with Gasteiger partial charge in [-0.15, -0.1) is 0 Å². The summed E-state index contributed by atoms with van der Waals surface area (Å²) in [6, 6.07) is 9.95. The van der Waals surface area contributed by atoms with Crippen molar-refractivity contribution >= 4 is 40.7 Å². The molecule has 0 radical (unpaired) electrons. The van der Waals surface area contributed by atoms with Crippen molar-refractivity contribution in [2.45, 2.75) is 0 Å². The number of anilines is 2. The molecule has 0 amide bonds. The van der Waals surface area contributed by atoms with E-state index in [0.717, 1.165) is 11.3 Å². The standard InChI is InChI=1S/C20H16Cl2N8O2/c21-12-1-3-14(15(22)9-12)17-11-27-19(28-17)16-5-6-24-20(29-16)25-8-7-23-18-4-2-13(10-26-18)30(31)32/h1-6,9-11H,7-8H2,(H,23,26)(H,27,28)(H,24,25,29). The molecule has 0 atom stereocenters. The number of nitrogens with one attached hydrogen (secondary N) is 3. The Morgan fingerprint density at radius 3 is 2.59 bits per heavy atom. The number of benzene rings is 1. The quantitative estimate of drug-likeness (QED) is 0.192. The van der Waals surface area contributed by atoms with E-state index in [-0.39, 0.29) is 5.69 Å². The summed E-state index contributed by atoms with van der Waals surface area (Å²) >= 11 is 12.2. The molecule has 0 unspecified atom stereocenters. The molecule has 12 heteroatoms. The zero-order chi connectivity index (χ0) is 22.5. The summed E-state index contributed by atoms with van der Waals surface area (Å²) in [4.78, 5) is 30.5. The van der Waals surface area contributed by atoms with Crippen molar-refractivity contribution in [2.24, 2.45) is 0 Å². The molecular weight excluding hydrogens is 455 g/mol. The highest BCUT2D eigenvalue weighted by Gasteiger charge is 2.11. The van der Waals surface area contributed by atoms with Gasteiger partial charge in [-0.2, -0.15) is 0 Å². The van der Waals surface area contributed by atoms with Crippen LogP contribution in [0.5, 0.6) is 0 Å². The highest BCUT2D eigenvalue weighted by molar-refractivity contribution is 6.36. The maximum atomic E-state index is 10.7. The molecule has 32 heavy (non-hydrogen) atoms. The highest BCUT2D eigenvalue weighted by atomic mass is 35.5. The number of halogens is 2. The van der Waals surface area contributed by atoms with Gasteiger partial charge < -0.3 is 15.6 Å². The number of aromatic nitrogens is 5. The number of nitrogens with zero attached hydrogens (tertiary/aromatic N) is 5. The van der Waals surface area contributed by atoms with E-state index in [9.17, 15) is 10.1 Å². The van der Waals surface area contributed by atoms with Crippen LogP contribution in [0.25, 0.3) is 22.8 Å². The average molecular weight is 471 g/mol. The highest BCUT2D eigenvalue weighted by Crippen LogP contribution is 2.30. The maximum Gasteiger partial charge on any atom is 0.287 e. The van der Waals surface area contributed by atoms with Crippen LogP contribution in [0.4, 0.5) is 17.5 Å². The second kappa shape index (κ2) is 9.58. The van der Waals surface area contributed by atoms with Crippen LogP contribution in [-0.4, -0.2) is 42.9 Å². The minimum atomic E-state index is -0.491. The van der Waals surface area contributed by atoms with Gasteiger partial charge in [0.2, 0.25) is 5.95 Å². The van der Waals surface area contributed by atoms with Crippen LogP contribution < -0.4 is 10.6 Å². The first-order valence-corrected chi connectivity index (χ1v) is 10.2. The first kappa shape index (κ1) is 21.5. The second-order valence-electron chi connectivity index (χ2n) is 6.55. The van der Waals surface area contributed by atoms with Crippen molar-refractivity contribution in [2.75, 3.05) is 23.7 Å². The van der Waals surface area contributed by atoms with Gasteiger partial charge in [-0.1, -0.05) is 23.2 Å². The molecule has 3 N–H and O–H groups in total. The summed E-state index contributed by atoms with van der Waals surface area (Å²) in [5.41, 5.74) is 2.09. The first-order valence-electron chi connectivity index (χ1n) is 9.41. The third-order valence-corrected chi connectivity index (χ3v) is 4.92. The Morgan fingerprint density at radius 2 is 1.84 bits per heavy atom. The van der Waals surface area contributed by atoms with Crippen LogP contribution in [-0.2, 0) is 0 Å². The number of aromatic amines is 1. The fourth-order valence-corrected chi connectivity index (χ4v) is 3.35. The van der Waals surface area contributed by atoms with Crippen molar-refractivity contribution in [1.29, 1.82) is 0 Å². The number of imidazole rings is 1. The monoisotopic (exact) mass is 470 g/mol. The van der Waals surface area contributed by atoms with E-state index in [1.807, 2.05) is 6.07 Å². The summed E-state index contributed by atoms with van der Waals surface area (Å²) in [6.07, 6.45) is 4.52. The van der Waals surface area contributed by atoms with Crippen molar-refractivity contribution in [3.05, 3.63) is 75.1 Å². The Balaban J connectivity index is 1.36. The molecule has 0 saturated heterocycles. The fourth-order valence-electron chi connectivity index (χ4n) is 2.84. The number of rotatable bonds is 8. The molecular formula is C20H16Cl2N8O2. The summed E-state index contributed by atoms with van der Waals surface area (Å²) in [5.74, 6) is 1.55. The number of pyridine rings is 1. The lowest BCUT2D eigenvalue weighted by Gasteiger charge is -2.07. The van der Waals surface area contributed by atoms with E-state index in [4.69, 9.17) is 23.2 Å². The van der Waals surface area contributed by atoms with Gasteiger partial charge in [0.1, 0.15) is 17.7 Å². The Kier molecular flexibility index (Phi) is 6.43. The van der Waals surface area contributed by atoms with Crippen LogP contribution in [0.15, 0.2) is 55.0 Å². The SMILES string of the molecule is O=[N+]([O-])c1ccc(NCCNc2nccc(-c3ncc(-c4ccc(Cl)cc4Cl)[nH]3)n2)nc1. The van der Waals surface area contributed by atoms with Gasteiger partial charge in [0.05, 0.1) is 21.8 Å². The average Bonchev–Trinajstić information content (AvgIpc) is 3.27. The van der Waals surface area contributed by atoms with Crippen LogP contribution in [0.1, 0.15) is 0 Å². The van der Waals surface area contributed by atoms with E-state index in [0.29, 0.717) is 46.4 Å². The molecule has 10 nitrogen and oxygen atoms in total. The second-order valence-corrected chi connectivity index (χ2v) is 7.39. The predicted octanol–water partition coefficient (Wildman–Crippen LogP) is 4.67. The molecule has 4 rings (SSSR count). The Hall–Kier alpha value is -3.76. The molecule has 0 fully saturated rings. The molecule has 0 aliphatic carbocycles. The largest absolute Gasteiger partial charge is 0.368 e. The molecule has 3 heterocycles. The van der Waals surface area contributed by atoms with Crippen LogP contribution in [0.2, 0.25) is 10.0 Å². The normalized spacial score (nSPS) is 10.7. The lowest BCUT2D eigenvalue weighted by molar-refractivity contribution is -0.385. The van der Waals surface area contributed by atoms with E-state index in [2.05, 4.69) is 35.6 Å². The van der Waals surface area contributed by atoms with E-state index < -0.39 is 4.92 Å². The van der Waals surface area contributed by atoms with Crippen LogP contribution in [0.3, 0.4) is 0 Å². The fraction of sp³-hybridized carbons (Fsp3) is 0.100. The Labute approximate surface area is 192 Å². The molecule has 0 spiro atoms. The summed E-state index contributed by atoms with van der Waals surface area (Å²) in [7, 11) is 0. The molecule has 3 aromatic heterocycles. The van der Waals surface area contributed by atoms with Gasteiger partial charge in [0, 0.05) is 35.9 Å². The van der Waals surface area contributed by atoms with E-state index in [1.54, 1.807) is 36.7 Å². The van der Waals surface area contributed by atoms with Gasteiger partial charge in [0.25, 0.3) is 5.69 Å². The minimum absolute atomic E-state index is 0.0571.